The first-order valence-corrected chi connectivity index (χ1v) is 8.62. The minimum absolute atomic E-state index is 0.0197. The predicted octanol–water partition coefficient (Wildman–Crippen LogP) is 3.50. The van der Waals surface area contributed by atoms with Crippen LogP contribution in [0.2, 0.25) is 0 Å². The maximum absolute atomic E-state index is 12.5. The molecule has 0 saturated heterocycles. The maximum atomic E-state index is 12.5. The molecule has 0 saturated carbocycles. The van der Waals surface area contributed by atoms with E-state index in [0.29, 0.717) is 12.1 Å². The number of nitrogens with one attached hydrogen (secondary N) is 1. The maximum Gasteiger partial charge on any atom is 0.285 e. The fourth-order valence-corrected chi connectivity index (χ4v) is 2.94. The van der Waals surface area contributed by atoms with E-state index < -0.39 is 10.8 Å². The number of carbonyl (C=O) groups excluding carboxylic acids is 1. The van der Waals surface area contributed by atoms with Crippen molar-refractivity contribution < 1.29 is 9.72 Å². The molecule has 0 spiro atoms. The van der Waals surface area contributed by atoms with Gasteiger partial charge >= 0.3 is 0 Å². The van der Waals surface area contributed by atoms with Crippen LogP contribution < -0.4 is 5.32 Å². The van der Waals surface area contributed by atoms with E-state index in [1.54, 1.807) is 19.1 Å². The Bertz CT molecular complexity index is 785. The first-order chi connectivity index (χ1) is 12.3. The molecule has 1 amide bonds. The first-order valence-electron chi connectivity index (χ1n) is 8.62. The fraction of sp³-hybridized carbons (Fsp3) is 0.350. The number of nitro benzene ring substituents is 1. The topological polar surface area (TPSA) is 75.5 Å². The standard InChI is InChI=1S/C20H25N3O3/c1-5-15-9-11-16(12-10-15)18(22(3)4)13-21-20(24)17-8-6-7-14(2)19(17)23(25)26/h6-12,18H,5,13H2,1-4H3,(H,21,24)/t18-/m0/s1. The van der Waals surface area contributed by atoms with E-state index in [0.717, 1.165) is 12.0 Å². The number of hydrogen-bond donors (Lipinski definition) is 1. The Labute approximate surface area is 154 Å². The minimum Gasteiger partial charge on any atom is -0.350 e. The molecule has 1 N–H and O–H groups in total. The van der Waals surface area contributed by atoms with Crippen molar-refractivity contribution in [3.8, 4) is 0 Å². The third-order valence-corrected chi connectivity index (χ3v) is 4.52. The number of amides is 1. The molecule has 2 rings (SSSR count). The van der Waals surface area contributed by atoms with Gasteiger partial charge < -0.3 is 10.2 Å². The van der Waals surface area contributed by atoms with Gasteiger partial charge in [0.05, 0.1) is 11.0 Å². The lowest BCUT2D eigenvalue weighted by molar-refractivity contribution is -0.385. The second-order valence-corrected chi connectivity index (χ2v) is 6.51. The molecule has 0 heterocycles. The molecule has 0 fully saturated rings. The quantitative estimate of drug-likeness (QED) is 0.609. The molecule has 0 unspecified atom stereocenters. The van der Waals surface area contributed by atoms with Crippen molar-refractivity contribution in [1.29, 1.82) is 0 Å². The van der Waals surface area contributed by atoms with Gasteiger partial charge in [-0.15, -0.1) is 0 Å². The normalized spacial score (nSPS) is 12.0. The van der Waals surface area contributed by atoms with Crippen molar-refractivity contribution in [3.05, 3.63) is 74.8 Å². The molecular formula is C20H25N3O3. The number of carbonyl (C=O) groups is 1. The molecule has 2 aromatic rings. The molecule has 0 aliphatic carbocycles. The van der Waals surface area contributed by atoms with Gasteiger partial charge in [0.25, 0.3) is 11.6 Å². The van der Waals surface area contributed by atoms with Crippen LogP contribution in [0, 0.1) is 17.0 Å². The Hall–Kier alpha value is -2.73. The molecule has 0 radical (unpaired) electrons. The Morgan fingerprint density at radius 3 is 2.38 bits per heavy atom. The van der Waals surface area contributed by atoms with Crippen LogP contribution >= 0.6 is 0 Å². The highest BCUT2D eigenvalue weighted by Gasteiger charge is 2.23. The third kappa shape index (κ3) is 4.46. The SMILES string of the molecule is CCc1ccc([C@H](CNC(=O)c2cccc(C)c2[N+](=O)[O-])N(C)C)cc1. The van der Waals surface area contributed by atoms with Crippen molar-refractivity contribution >= 4 is 11.6 Å². The summed E-state index contributed by atoms with van der Waals surface area (Å²) < 4.78 is 0. The molecule has 1 atom stereocenters. The summed E-state index contributed by atoms with van der Waals surface area (Å²) >= 11 is 0. The van der Waals surface area contributed by atoms with Gasteiger partial charge in [-0.05, 0) is 44.6 Å². The van der Waals surface area contributed by atoms with Gasteiger partial charge in [0.2, 0.25) is 0 Å². The monoisotopic (exact) mass is 355 g/mol. The number of nitro groups is 1. The summed E-state index contributed by atoms with van der Waals surface area (Å²) in [6.45, 7) is 4.10. The van der Waals surface area contributed by atoms with E-state index in [1.807, 2.05) is 19.0 Å². The van der Waals surface area contributed by atoms with Gasteiger partial charge in [0, 0.05) is 12.1 Å². The average Bonchev–Trinajstić information content (AvgIpc) is 2.61. The summed E-state index contributed by atoms with van der Waals surface area (Å²) in [5, 5.41) is 14.1. The van der Waals surface area contributed by atoms with Crippen molar-refractivity contribution in [2.75, 3.05) is 20.6 Å². The van der Waals surface area contributed by atoms with Crippen LogP contribution in [0.25, 0.3) is 0 Å². The predicted molar refractivity (Wildman–Crippen MR) is 102 cm³/mol. The number of benzene rings is 2. The summed E-state index contributed by atoms with van der Waals surface area (Å²) in [7, 11) is 3.89. The van der Waals surface area contributed by atoms with Crippen LogP contribution in [0.15, 0.2) is 42.5 Å². The van der Waals surface area contributed by atoms with Gasteiger partial charge in [-0.25, -0.2) is 0 Å². The summed E-state index contributed by atoms with van der Waals surface area (Å²) in [4.78, 5) is 25.4. The van der Waals surface area contributed by atoms with Crippen LogP contribution in [0.4, 0.5) is 5.69 Å². The molecule has 0 bridgehead atoms. The lowest BCUT2D eigenvalue weighted by Gasteiger charge is -2.25. The molecule has 26 heavy (non-hydrogen) atoms. The van der Waals surface area contributed by atoms with Crippen LogP contribution in [0.1, 0.15) is 40.0 Å². The van der Waals surface area contributed by atoms with E-state index in [2.05, 4.69) is 36.5 Å². The first kappa shape index (κ1) is 19.6. The summed E-state index contributed by atoms with van der Waals surface area (Å²) in [5.74, 6) is -0.433. The smallest absolute Gasteiger partial charge is 0.285 e. The van der Waals surface area contributed by atoms with Gasteiger partial charge in [-0.2, -0.15) is 0 Å². The lowest BCUT2D eigenvalue weighted by atomic mass is 10.0. The number of aryl methyl sites for hydroxylation is 2. The van der Waals surface area contributed by atoms with E-state index in [9.17, 15) is 14.9 Å². The zero-order valence-corrected chi connectivity index (χ0v) is 15.7. The van der Waals surface area contributed by atoms with Crippen LogP contribution in [0.3, 0.4) is 0 Å². The van der Waals surface area contributed by atoms with Crippen molar-refractivity contribution in [3.63, 3.8) is 0 Å². The lowest BCUT2D eigenvalue weighted by Crippen LogP contribution is -2.34. The molecule has 2 aromatic carbocycles. The number of rotatable bonds is 7. The average molecular weight is 355 g/mol. The zero-order chi connectivity index (χ0) is 19.3. The number of likely N-dealkylation sites (N-methyl/N-ethyl adjacent to an activating group) is 1. The second-order valence-electron chi connectivity index (χ2n) is 6.51. The van der Waals surface area contributed by atoms with Gasteiger partial charge in [-0.3, -0.25) is 14.9 Å². The molecule has 6 heteroatoms. The highest BCUT2D eigenvalue weighted by Crippen LogP contribution is 2.23. The summed E-state index contributed by atoms with van der Waals surface area (Å²) in [6, 6.07) is 13.0. The second kappa shape index (κ2) is 8.58. The molecule has 0 aromatic heterocycles. The molecule has 6 nitrogen and oxygen atoms in total. The minimum atomic E-state index is -0.503. The number of para-hydroxylation sites is 1. The van der Waals surface area contributed by atoms with E-state index in [1.165, 1.54) is 11.6 Å². The Morgan fingerprint density at radius 2 is 1.85 bits per heavy atom. The van der Waals surface area contributed by atoms with Crippen molar-refractivity contribution in [2.45, 2.75) is 26.3 Å². The fourth-order valence-electron chi connectivity index (χ4n) is 2.94. The number of nitrogens with zero attached hydrogens (tertiary/aromatic N) is 2. The van der Waals surface area contributed by atoms with E-state index in [-0.39, 0.29) is 17.3 Å². The summed E-state index contributed by atoms with van der Waals surface area (Å²) in [6.07, 6.45) is 0.973. The summed E-state index contributed by atoms with van der Waals surface area (Å²) in [5.41, 5.74) is 2.77. The van der Waals surface area contributed by atoms with Gasteiger partial charge in [0.15, 0.2) is 0 Å². The van der Waals surface area contributed by atoms with E-state index >= 15 is 0 Å². The molecule has 0 aliphatic rings. The van der Waals surface area contributed by atoms with Crippen molar-refractivity contribution in [1.82, 2.24) is 10.2 Å². The zero-order valence-electron chi connectivity index (χ0n) is 15.7. The van der Waals surface area contributed by atoms with Crippen LogP contribution in [0.5, 0.6) is 0 Å². The molecule has 0 aliphatic heterocycles. The Kier molecular flexibility index (Phi) is 6.46. The van der Waals surface area contributed by atoms with E-state index in [4.69, 9.17) is 0 Å². The highest BCUT2D eigenvalue weighted by molar-refractivity contribution is 5.98. The Balaban J connectivity index is 2.18. The Morgan fingerprint density at radius 1 is 1.19 bits per heavy atom. The highest BCUT2D eigenvalue weighted by atomic mass is 16.6. The molecular weight excluding hydrogens is 330 g/mol. The van der Waals surface area contributed by atoms with Crippen molar-refractivity contribution in [2.24, 2.45) is 0 Å². The van der Waals surface area contributed by atoms with Crippen LogP contribution in [-0.2, 0) is 6.42 Å². The largest absolute Gasteiger partial charge is 0.350 e. The number of hydrogen-bond acceptors (Lipinski definition) is 4. The van der Waals surface area contributed by atoms with Gasteiger partial charge in [-0.1, -0.05) is 43.3 Å². The van der Waals surface area contributed by atoms with Crippen LogP contribution in [-0.4, -0.2) is 36.4 Å². The molecule has 138 valence electrons. The third-order valence-electron chi connectivity index (χ3n) is 4.52. The van der Waals surface area contributed by atoms with Gasteiger partial charge in [0.1, 0.15) is 5.56 Å².